The zero-order valence-corrected chi connectivity index (χ0v) is 14.0. The Morgan fingerprint density at radius 1 is 1.27 bits per heavy atom. The van der Waals surface area contributed by atoms with Crippen LogP contribution in [0.5, 0.6) is 0 Å². The Bertz CT molecular complexity index is 716. The fourth-order valence-electron chi connectivity index (χ4n) is 3.74. The number of benzene rings is 1. The van der Waals surface area contributed by atoms with E-state index in [0.29, 0.717) is 11.3 Å². The molecule has 1 aromatic carbocycles. The summed E-state index contributed by atoms with van der Waals surface area (Å²) in [5.74, 6) is 1.54. The van der Waals surface area contributed by atoms with Crippen LogP contribution in [-0.4, -0.2) is 10.7 Å². The van der Waals surface area contributed by atoms with Crippen LogP contribution >= 0.6 is 0 Å². The molecule has 1 aromatic heterocycles. The molecule has 3 rings (SSSR count). The van der Waals surface area contributed by atoms with E-state index >= 15 is 0 Å². The summed E-state index contributed by atoms with van der Waals surface area (Å²) in [5.41, 5.74) is 7.04. The predicted octanol–water partition coefficient (Wildman–Crippen LogP) is 5.16. The van der Waals surface area contributed by atoms with Crippen molar-refractivity contribution in [3.8, 4) is 0 Å². The van der Waals surface area contributed by atoms with Gasteiger partial charge in [0.25, 0.3) is 0 Å². The highest BCUT2D eigenvalue weighted by atomic mass is 15.3. The largest absolute Gasteiger partial charge is 0.261 e. The topological polar surface area (TPSA) is 37.3 Å². The van der Waals surface area contributed by atoms with Gasteiger partial charge in [-0.1, -0.05) is 39.0 Å². The summed E-state index contributed by atoms with van der Waals surface area (Å²) in [6, 6.07) is 10.3. The standard InChI is InChI=1S/C19H25N3/c1-13-9-15(12-19(3,4)11-13)21-22-18-10-14(2)16-7-5-6-8-17(16)20-18/h5-8,10,13H,9,11-12H2,1-4H3,(H,20,22)/b21-15-. The van der Waals surface area contributed by atoms with Crippen LogP contribution in [0.1, 0.15) is 45.6 Å². The summed E-state index contributed by atoms with van der Waals surface area (Å²) < 4.78 is 0. The van der Waals surface area contributed by atoms with Crippen LogP contribution in [0.2, 0.25) is 0 Å². The van der Waals surface area contributed by atoms with Crippen LogP contribution in [-0.2, 0) is 0 Å². The summed E-state index contributed by atoms with van der Waals surface area (Å²) in [4.78, 5) is 4.66. The minimum atomic E-state index is 0.352. The Labute approximate surface area is 132 Å². The van der Waals surface area contributed by atoms with E-state index in [9.17, 15) is 0 Å². The maximum atomic E-state index is 4.66. The van der Waals surface area contributed by atoms with Crippen molar-refractivity contribution >= 4 is 22.4 Å². The first kappa shape index (κ1) is 15.0. The van der Waals surface area contributed by atoms with Crippen molar-refractivity contribution in [3.05, 3.63) is 35.9 Å². The Hall–Kier alpha value is -1.90. The van der Waals surface area contributed by atoms with Crippen molar-refractivity contribution in [3.63, 3.8) is 0 Å². The van der Waals surface area contributed by atoms with E-state index in [-0.39, 0.29) is 0 Å². The molecular weight excluding hydrogens is 270 g/mol. The second-order valence-electron chi connectivity index (χ2n) is 7.49. The van der Waals surface area contributed by atoms with Crippen molar-refractivity contribution in [2.45, 2.75) is 47.0 Å². The van der Waals surface area contributed by atoms with Gasteiger partial charge in [-0.3, -0.25) is 5.43 Å². The predicted molar refractivity (Wildman–Crippen MR) is 94.3 cm³/mol. The van der Waals surface area contributed by atoms with Crippen LogP contribution in [0.4, 0.5) is 5.82 Å². The number of pyridine rings is 1. The number of aromatic nitrogens is 1. The molecule has 1 heterocycles. The second-order valence-corrected chi connectivity index (χ2v) is 7.49. The Balaban J connectivity index is 1.83. The second kappa shape index (κ2) is 5.71. The van der Waals surface area contributed by atoms with Crippen LogP contribution in [0.3, 0.4) is 0 Å². The molecule has 0 bridgehead atoms. The SMILES string of the molecule is Cc1cc(N/N=C2/CC(C)CC(C)(C)C2)nc2ccccc12. The molecule has 1 atom stereocenters. The minimum Gasteiger partial charge on any atom is -0.261 e. The first-order valence-corrected chi connectivity index (χ1v) is 8.11. The van der Waals surface area contributed by atoms with E-state index < -0.39 is 0 Å². The van der Waals surface area contributed by atoms with Crippen molar-refractivity contribution in [2.75, 3.05) is 5.43 Å². The van der Waals surface area contributed by atoms with Crippen molar-refractivity contribution in [2.24, 2.45) is 16.4 Å². The molecule has 22 heavy (non-hydrogen) atoms. The van der Waals surface area contributed by atoms with E-state index in [1.165, 1.54) is 23.1 Å². The maximum absolute atomic E-state index is 4.66. The molecule has 1 aliphatic rings. The van der Waals surface area contributed by atoms with E-state index in [2.05, 4.69) is 61.4 Å². The number of anilines is 1. The lowest BCUT2D eigenvalue weighted by molar-refractivity contribution is 0.266. The Kier molecular flexibility index (Phi) is 3.90. The van der Waals surface area contributed by atoms with E-state index in [4.69, 9.17) is 0 Å². The van der Waals surface area contributed by atoms with E-state index in [1.807, 2.05) is 12.1 Å². The van der Waals surface area contributed by atoms with Gasteiger partial charge in [0.1, 0.15) is 5.82 Å². The molecule has 3 nitrogen and oxygen atoms in total. The van der Waals surface area contributed by atoms with Gasteiger partial charge in [0.2, 0.25) is 0 Å². The summed E-state index contributed by atoms with van der Waals surface area (Å²) in [6.45, 7) is 9.09. The summed E-state index contributed by atoms with van der Waals surface area (Å²) >= 11 is 0. The third kappa shape index (κ3) is 3.29. The maximum Gasteiger partial charge on any atom is 0.147 e. The van der Waals surface area contributed by atoms with E-state index in [1.54, 1.807) is 0 Å². The lowest BCUT2D eigenvalue weighted by atomic mass is 9.72. The third-order valence-corrected chi connectivity index (χ3v) is 4.42. The van der Waals surface area contributed by atoms with Crippen molar-refractivity contribution in [1.82, 2.24) is 4.98 Å². The molecule has 0 amide bonds. The first-order chi connectivity index (χ1) is 10.4. The fourth-order valence-corrected chi connectivity index (χ4v) is 3.74. The normalized spacial score (nSPS) is 22.9. The molecule has 2 aromatic rings. The molecule has 0 radical (unpaired) electrons. The molecule has 1 aliphatic carbocycles. The zero-order valence-electron chi connectivity index (χ0n) is 14.0. The smallest absolute Gasteiger partial charge is 0.147 e. The van der Waals surface area contributed by atoms with Crippen LogP contribution in [0.25, 0.3) is 10.9 Å². The quantitative estimate of drug-likeness (QED) is 0.777. The number of fused-ring (bicyclic) bond motifs is 1. The molecule has 0 spiro atoms. The molecule has 116 valence electrons. The average Bonchev–Trinajstić information content (AvgIpc) is 2.43. The Morgan fingerprint density at radius 2 is 2.05 bits per heavy atom. The lowest BCUT2D eigenvalue weighted by Crippen LogP contribution is -2.28. The zero-order chi connectivity index (χ0) is 15.7. The molecular formula is C19H25N3. The molecule has 3 heteroatoms. The number of hydrogen-bond donors (Lipinski definition) is 1. The summed E-state index contributed by atoms with van der Waals surface area (Å²) in [6.07, 6.45) is 3.43. The summed E-state index contributed by atoms with van der Waals surface area (Å²) in [5, 5.41) is 5.85. The number of nitrogens with zero attached hydrogens (tertiary/aromatic N) is 2. The van der Waals surface area contributed by atoms with Crippen LogP contribution in [0.15, 0.2) is 35.4 Å². The number of nitrogens with one attached hydrogen (secondary N) is 1. The lowest BCUT2D eigenvalue weighted by Gasteiger charge is -2.34. The highest BCUT2D eigenvalue weighted by Gasteiger charge is 2.29. The van der Waals surface area contributed by atoms with Crippen LogP contribution in [0, 0.1) is 18.3 Å². The molecule has 1 N–H and O–H groups in total. The molecule has 0 saturated heterocycles. The van der Waals surface area contributed by atoms with Gasteiger partial charge in [-0.25, -0.2) is 4.98 Å². The Morgan fingerprint density at radius 3 is 2.82 bits per heavy atom. The monoisotopic (exact) mass is 295 g/mol. The van der Waals surface area contributed by atoms with E-state index in [0.717, 1.165) is 24.2 Å². The highest BCUT2D eigenvalue weighted by Crippen LogP contribution is 2.37. The van der Waals surface area contributed by atoms with Crippen LogP contribution < -0.4 is 5.43 Å². The molecule has 1 saturated carbocycles. The number of hydrogen-bond acceptors (Lipinski definition) is 3. The number of rotatable bonds is 2. The summed E-state index contributed by atoms with van der Waals surface area (Å²) in [7, 11) is 0. The first-order valence-electron chi connectivity index (χ1n) is 8.11. The fraction of sp³-hybridized carbons (Fsp3) is 0.474. The number of aryl methyl sites for hydroxylation is 1. The van der Waals surface area contributed by atoms with Gasteiger partial charge in [-0.15, -0.1) is 0 Å². The average molecular weight is 295 g/mol. The van der Waals surface area contributed by atoms with Gasteiger partial charge in [-0.2, -0.15) is 5.10 Å². The van der Waals surface area contributed by atoms with Gasteiger partial charge in [0, 0.05) is 11.1 Å². The number of hydrazone groups is 1. The molecule has 1 fully saturated rings. The third-order valence-electron chi connectivity index (χ3n) is 4.42. The van der Waals surface area contributed by atoms with Crippen molar-refractivity contribution in [1.29, 1.82) is 0 Å². The molecule has 0 aliphatic heterocycles. The van der Waals surface area contributed by atoms with Crippen molar-refractivity contribution < 1.29 is 0 Å². The van der Waals surface area contributed by atoms with Gasteiger partial charge >= 0.3 is 0 Å². The molecule has 1 unspecified atom stereocenters. The van der Waals surface area contributed by atoms with Gasteiger partial charge in [0.15, 0.2) is 0 Å². The van der Waals surface area contributed by atoms with Gasteiger partial charge < -0.3 is 0 Å². The highest BCUT2D eigenvalue weighted by molar-refractivity contribution is 5.87. The van der Waals surface area contributed by atoms with Gasteiger partial charge in [0.05, 0.1) is 5.52 Å². The minimum absolute atomic E-state index is 0.352. The van der Waals surface area contributed by atoms with Gasteiger partial charge in [-0.05, 0) is 55.2 Å². The number of para-hydroxylation sites is 1.